The first-order chi connectivity index (χ1) is 5.72. The van der Waals surface area contributed by atoms with Gasteiger partial charge in [-0.2, -0.15) is 0 Å². The molecule has 0 aliphatic rings. The van der Waals surface area contributed by atoms with Crippen molar-refractivity contribution in [1.82, 2.24) is 0 Å². The van der Waals surface area contributed by atoms with Gasteiger partial charge in [0, 0.05) is 17.2 Å². The lowest BCUT2D eigenvalue weighted by Gasteiger charge is -1.98. The lowest BCUT2D eigenvalue weighted by Crippen LogP contribution is -1.96. The van der Waals surface area contributed by atoms with Gasteiger partial charge in [-0.3, -0.25) is 4.79 Å². The number of hydrogen-bond donors (Lipinski definition) is 0. The smallest absolute Gasteiger partial charge is 0.409 e. The Kier molecular flexibility index (Phi) is 2.82. The van der Waals surface area contributed by atoms with Gasteiger partial charge in [0.25, 0.3) is 0 Å². The number of ether oxygens (including phenoxy) is 1. The van der Waals surface area contributed by atoms with E-state index in [4.69, 9.17) is 11.6 Å². The minimum Gasteiger partial charge on any atom is -0.414 e. The predicted molar refractivity (Wildman–Crippen MR) is 43.7 cm³/mol. The molecule has 12 heavy (non-hydrogen) atoms. The molecule has 0 spiro atoms. The average Bonchev–Trinajstić information content (AvgIpc) is 2.03. The van der Waals surface area contributed by atoms with E-state index in [1.807, 2.05) is 0 Å². The molecule has 4 heteroatoms. The molecule has 0 amide bonds. The first-order valence-electron chi connectivity index (χ1n) is 3.15. The van der Waals surface area contributed by atoms with Gasteiger partial charge in [0.15, 0.2) is 0 Å². The lowest BCUT2D eigenvalue weighted by molar-refractivity contribution is 0.112. The van der Waals surface area contributed by atoms with Crippen LogP contribution < -0.4 is 4.74 Å². The first-order valence-corrected chi connectivity index (χ1v) is 3.53. The number of carbonyl (C=O) groups excluding carboxylic acids is 2. The summed E-state index contributed by atoms with van der Waals surface area (Å²) in [5, 5.41) is 0. The van der Waals surface area contributed by atoms with Crippen LogP contribution in [0.15, 0.2) is 24.3 Å². The molecular formula is C8H5ClO3. The summed E-state index contributed by atoms with van der Waals surface area (Å²) in [6, 6.07) is 6.15. The lowest BCUT2D eigenvalue weighted by atomic mass is 10.2. The molecule has 1 aromatic carbocycles. The fourth-order valence-electron chi connectivity index (χ4n) is 0.744. The van der Waals surface area contributed by atoms with Gasteiger partial charge in [-0.05, 0) is 12.1 Å². The maximum Gasteiger partial charge on any atom is 0.409 e. The summed E-state index contributed by atoms with van der Waals surface area (Å²) < 4.78 is 4.52. The van der Waals surface area contributed by atoms with Gasteiger partial charge in [-0.25, -0.2) is 4.79 Å². The van der Waals surface area contributed by atoms with Gasteiger partial charge in [-0.15, -0.1) is 0 Å². The second kappa shape index (κ2) is 3.88. The van der Waals surface area contributed by atoms with Crippen molar-refractivity contribution in [1.29, 1.82) is 0 Å². The van der Waals surface area contributed by atoms with Crippen LogP contribution in [0.1, 0.15) is 10.4 Å². The summed E-state index contributed by atoms with van der Waals surface area (Å²) in [4.78, 5) is 20.5. The van der Waals surface area contributed by atoms with Crippen molar-refractivity contribution in [3.63, 3.8) is 0 Å². The third-order valence-corrected chi connectivity index (χ3v) is 1.27. The summed E-state index contributed by atoms with van der Waals surface area (Å²) in [6.07, 6.45) is 0.658. The summed E-state index contributed by atoms with van der Waals surface area (Å²) >= 11 is 4.96. The van der Waals surface area contributed by atoms with Crippen molar-refractivity contribution in [2.45, 2.75) is 0 Å². The third kappa shape index (κ3) is 2.36. The molecule has 0 N–H and O–H groups in total. The van der Waals surface area contributed by atoms with Crippen LogP contribution in [0, 0.1) is 0 Å². The number of hydrogen-bond acceptors (Lipinski definition) is 3. The monoisotopic (exact) mass is 184 g/mol. The molecule has 3 nitrogen and oxygen atoms in total. The van der Waals surface area contributed by atoms with Crippen molar-refractivity contribution in [3.8, 4) is 5.75 Å². The molecule has 1 aromatic rings. The Morgan fingerprint density at radius 1 is 1.50 bits per heavy atom. The fourth-order valence-corrected chi connectivity index (χ4v) is 0.833. The molecule has 62 valence electrons. The molecule has 0 aliphatic heterocycles. The van der Waals surface area contributed by atoms with Crippen molar-refractivity contribution in [2.24, 2.45) is 0 Å². The summed E-state index contributed by atoms with van der Waals surface area (Å²) in [7, 11) is 0. The van der Waals surface area contributed by atoms with Crippen molar-refractivity contribution < 1.29 is 14.3 Å². The van der Waals surface area contributed by atoms with Crippen LogP contribution in [0.4, 0.5) is 4.79 Å². The molecule has 0 heterocycles. The molecule has 0 aliphatic carbocycles. The highest BCUT2D eigenvalue weighted by atomic mass is 35.5. The second-order valence-corrected chi connectivity index (χ2v) is 2.34. The number of benzene rings is 1. The van der Waals surface area contributed by atoms with Gasteiger partial charge >= 0.3 is 5.43 Å². The van der Waals surface area contributed by atoms with Gasteiger partial charge in [0.05, 0.1) is 0 Å². The molecule has 0 radical (unpaired) electrons. The first kappa shape index (κ1) is 8.74. The van der Waals surface area contributed by atoms with Crippen LogP contribution in [-0.2, 0) is 0 Å². The van der Waals surface area contributed by atoms with E-state index in [1.165, 1.54) is 12.1 Å². The van der Waals surface area contributed by atoms with Crippen molar-refractivity contribution in [2.75, 3.05) is 0 Å². The van der Waals surface area contributed by atoms with E-state index in [0.717, 1.165) is 0 Å². The Bertz CT molecular complexity index is 309. The number of carbonyl (C=O) groups is 2. The van der Waals surface area contributed by atoms with E-state index in [0.29, 0.717) is 11.8 Å². The van der Waals surface area contributed by atoms with Crippen LogP contribution >= 0.6 is 11.6 Å². The highest BCUT2D eigenvalue weighted by molar-refractivity contribution is 6.61. The summed E-state index contributed by atoms with van der Waals surface area (Å²) in [6.45, 7) is 0. The molecule has 0 saturated carbocycles. The predicted octanol–water partition coefficient (Wildman–Crippen LogP) is 2.24. The Morgan fingerprint density at radius 3 is 2.83 bits per heavy atom. The van der Waals surface area contributed by atoms with E-state index < -0.39 is 5.43 Å². The minimum atomic E-state index is -0.918. The van der Waals surface area contributed by atoms with Crippen molar-refractivity contribution in [3.05, 3.63) is 29.8 Å². The van der Waals surface area contributed by atoms with Gasteiger partial charge in [-0.1, -0.05) is 12.1 Å². The Balaban J connectivity index is 2.86. The van der Waals surface area contributed by atoms with E-state index >= 15 is 0 Å². The summed E-state index contributed by atoms with van der Waals surface area (Å²) in [5.74, 6) is 0.264. The van der Waals surface area contributed by atoms with Crippen LogP contribution in [0.2, 0.25) is 0 Å². The van der Waals surface area contributed by atoms with E-state index in [1.54, 1.807) is 12.1 Å². The zero-order valence-corrected chi connectivity index (χ0v) is 6.75. The fraction of sp³-hybridized carbons (Fsp3) is 0. The maximum atomic E-state index is 10.3. The zero-order valence-electron chi connectivity index (χ0n) is 5.99. The van der Waals surface area contributed by atoms with Crippen LogP contribution in [0.3, 0.4) is 0 Å². The number of halogens is 1. The Labute approximate surface area is 73.9 Å². The quantitative estimate of drug-likeness (QED) is 0.523. The minimum absolute atomic E-state index is 0.264. The van der Waals surface area contributed by atoms with Gasteiger partial charge < -0.3 is 4.74 Å². The normalized spacial score (nSPS) is 9.08. The summed E-state index contributed by atoms with van der Waals surface area (Å²) in [5.41, 5.74) is -0.483. The molecule has 0 atom stereocenters. The van der Waals surface area contributed by atoms with Crippen LogP contribution in [0.25, 0.3) is 0 Å². The van der Waals surface area contributed by atoms with Gasteiger partial charge in [0.1, 0.15) is 12.0 Å². The van der Waals surface area contributed by atoms with Crippen LogP contribution in [0.5, 0.6) is 5.75 Å². The number of aldehydes is 1. The van der Waals surface area contributed by atoms with Crippen molar-refractivity contribution >= 4 is 23.3 Å². The van der Waals surface area contributed by atoms with E-state index in [-0.39, 0.29) is 5.75 Å². The topological polar surface area (TPSA) is 43.4 Å². The van der Waals surface area contributed by atoms with E-state index in [2.05, 4.69) is 4.74 Å². The molecule has 0 fully saturated rings. The molecule has 0 bridgehead atoms. The molecular weight excluding hydrogens is 180 g/mol. The largest absolute Gasteiger partial charge is 0.414 e. The Morgan fingerprint density at radius 2 is 2.25 bits per heavy atom. The molecule has 0 unspecified atom stereocenters. The maximum absolute atomic E-state index is 10.3. The highest BCUT2D eigenvalue weighted by Crippen LogP contribution is 2.12. The molecule has 0 saturated heterocycles. The van der Waals surface area contributed by atoms with Crippen LogP contribution in [-0.4, -0.2) is 11.7 Å². The standard InChI is InChI=1S/C8H5ClO3/c9-8(11)12-7-3-1-2-6(4-7)5-10/h1-5H. The van der Waals surface area contributed by atoms with Gasteiger partial charge in [0.2, 0.25) is 0 Å². The Hall–Kier alpha value is -1.35. The second-order valence-electron chi connectivity index (χ2n) is 2.03. The highest BCUT2D eigenvalue weighted by Gasteiger charge is 1.99. The molecule has 0 aromatic heterocycles. The molecule has 1 rings (SSSR count). The number of rotatable bonds is 2. The average molecular weight is 185 g/mol. The zero-order chi connectivity index (χ0) is 8.97. The SMILES string of the molecule is O=Cc1cccc(OC(=O)Cl)c1. The third-order valence-electron chi connectivity index (χ3n) is 1.19. The van der Waals surface area contributed by atoms with E-state index in [9.17, 15) is 9.59 Å².